The number of urea groups is 1. The molecule has 0 spiro atoms. The van der Waals surface area contributed by atoms with Gasteiger partial charge in [-0.1, -0.05) is 25.8 Å². The highest BCUT2D eigenvalue weighted by molar-refractivity contribution is 7.99. The SMILES string of the molecule is CCS[C@@H]1CCCC[C@H]1NC(=O)NCc1ccccn1. The van der Waals surface area contributed by atoms with Crippen LogP contribution in [0.25, 0.3) is 0 Å². The van der Waals surface area contributed by atoms with Crippen LogP contribution in [0.15, 0.2) is 24.4 Å². The van der Waals surface area contributed by atoms with Crippen LogP contribution in [0.1, 0.15) is 38.3 Å². The van der Waals surface area contributed by atoms with Gasteiger partial charge in [-0.15, -0.1) is 0 Å². The minimum atomic E-state index is -0.0794. The molecule has 0 aliphatic heterocycles. The van der Waals surface area contributed by atoms with Gasteiger partial charge < -0.3 is 10.6 Å². The highest BCUT2D eigenvalue weighted by Crippen LogP contribution is 2.28. The molecule has 0 aromatic carbocycles. The van der Waals surface area contributed by atoms with Crippen molar-refractivity contribution in [2.24, 2.45) is 0 Å². The average molecular weight is 293 g/mol. The number of hydrogen-bond acceptors (Lipinski definition) is 3. The fourth-order valence-electron chi connectivity index (χ4n) is 2.57. The summed E-state index contributed by atoms with van der Waals surface area (Å²) >= 11 is 1.96. The maximum Gasteiger partial charge on any atom is 0.315 e. The molecule has 0 unspecified atom stereocenters. The molecule has 1 aromatic rings. The average Bonchev–Trinajstić information content (AvgIpc) is 2.49. The molecule has 2 N–H and O–H groups in total. The van der Waals surface area contributed by atoms with Crippen molar-refractivity contribution in [3.05, 3.63) is 30.1 Å². The molecule has 4 nitrogen and oxygen atoms in total. The van der Waals surface area contributed by atoms with E-state index in [0.29, 0.717) is 17.8 Å². The summed E-state index contributed by atoms with van der Waals surface area (Å²) in [5.41, 5.74) is 0.880. The van der Waals surface area contributed by atoms with Crippen LogP contribution in [0, 0.1) is 0 Å². The first kappa shape index (κ1) is 15.2. The quantitative estimate of drug-likeness (QED) is 0.877. The van der Waals surface area contributed by atoms with Gasteiger partial charge in [-0.2, -0.15) is 11.8 Å². The lowest BCUT2D eigenvalue weighted by Crippen LogP contribution is -2.47. The Morgan fingerprint density at radius 1 is 1.40 bits per heavy atom. The zero-order valence-corrected chi connectivity index (χ0v) is 12.8. The Balaban J connectivity index is 1.78. The number of carbonyl (C=O) groups is 1. The van der Waals surface area contributed by atoms with Crippen molar-refractivity contribution < 1.29 is 4.79 Å². The van der Waals surface area contributed by atoms with E-state index in [2.05, 4.69) is 22.5 Å². The van der Waals surface area contributed by atoms with Gasteiger partial charge in [-0.05, 0) is 30.7 Å². The fraction of sp³-hybridized carbons (Fsp3) is 0.600. The third-order valence-electron chi connectivity index (χ3n) is 3.56. The normalized spacial score (nSPS) is 22.2. The smallest absolute Gasteiger partial charge is 0.315 e. The molecular formula is C15H23N3OS. The number of nitrogens with zero attached hydrogens (tertiary/aromatic N) is 1. The molecule has 2 amide bonds. The third kappa shape index (κ3) is 4.71. The summed E-state index contributed by atoms with van der Waals surface area (Å²) in [6.45, 7) is 2.66. The van der Waals surface area contributed by atoms with Crippen LogP contribution in [-0.4, -0.2) is 28.1 Å². The molecule has 1 aromatic heterocycles. The number of thioether (sulfide) groups is 1. The minimum absolute atomic E-state index is 0.0794. The van der Waals surface area contributed by atoms with Crippen LogP contribution in [0.2, 0.25) is 0 Å². The van der Waals surface area contributed by atoms with Gasteiger partial charge in [0.25, 0.3) is 0 Å². The van der Waals surface area contributed by atoms with Gasteiger partial charge in [-0.25, -0.2) is 4.79 Å². The summed E-state index contributed by atoms with van der Waals surface area (Å²) in [4.78, 5) is 16.2. The van der Waals surface area contributed by atoms with Gasteiger partial charge in [0.1, 0.15) is 0 Å². The Morgan fingerprint density at radius 3 is 3.00 bits per heavy atom. The van der Waals surface area contributed by atoms with Crippen LogP contribution >= 0.6 is 11.8 Å². The van der Waals surface area contributed by atoms with E-state index < -0.39 is 0 Å². The fourth-order valence-corrected chi connectivity index (χ4v) is 3.77. The highest BCUT2D eigenvalue weighted by Gasteiger charge is 2.26. The van der Waals surface area contributed by atoms with E-state index >= 15 is 0 Å². The predicted molar refractivity (Wildman–Crippen MR) is 83.8 cm³/mol. The molecule has 1 aliphatic carbocycles. The summed E-state index contributed by atoms with van der Waals surface area (Å²) in [7, 11) is 0. The largest absolute Gasteiger partial charge is 0.334 e. The monoisotopic (exact) mass is 293 g/mol. The predicted octanol–water partition coefficient (Wildman–Crippen LogP) is 2.95. The first-order valence-corrected chi connectivity index (χ1v) is 8.40. The van der Waals surface area contributed by atoms with E-state index in [0.717, 1.165) is 17.9 Å². The highest BCUT2D eigenvalue weighted by atomic mass is 32.2. The second-order valence-corrected chi connectivity index (χ2v) is 6.55. The second-order valence-electron chi connectivity index (χ2n) is 5.03. The summed E-state index contributed by atoms with van der Waals surface area (Å²) in [6.07, 6.45) is 6.54. The number of carbonyl (C=O) groups excluding carboxylic acids is 1. The van der Waals surface area contributed by atoms with Crippen molar-refractivity contribution >= 4 is 17.8 Å². The molecule has 0 bridgehead atoms. The van der Waals surface area contributed by atoms with Gasteiger partial charge in [-0.3, -0.25) is 4.98 Å². The van der Waals surface area contributed by atoms with Crippen LogP contribution in [0.3, 0.4) is 0 Å². The third-order valence-corrected chi connectivity index (χ3v) is 4.88. The Morgan fingerprint density at radius 2 is 2.25 bits per heavy atom. The number of amides is 2. The molecule has 1 heterocycles. The lowest BCUT2D eigenvalue weighted by molar-refractivity contribution is 0.233. The van der Waals surface area contributed by atoms with Crippen molar-refractivity contribution in [3.8, 4) is 0 Å². The van der Waals surface area contributed by atoms with Crippen molar-refractivity contribution in [2.45, 2.75) is 50.4 Å². The molecule has 1 fully saturated rings. The van der Waals surface area contributed by atoms with Gasteiger partial charge in [0.05, 0.1) is 12.2 Å². The van der Waals surface area contributed by atoms with Crippen molar-refractivity contribution in [1.82, 2.24) is 15.6 Å². The van der Waals surface area contributed by atoms with Crippen molar-refractivity contribution in [1.29, 1.82) is 0 Å². The van der Waals surface area contributed by atoms with Crippen LogP contribution in [-0.2, 0) is 6.54 Å². The molecule has 1 aliphatic rings. The number of aromatic nitrogens is 1. The Hall–Kier alpha value is -1.23. The van der Waals surface area contributed by atoms with Gasteiger partial charge in [0.2, 0.25) is 0 Å². The first-order valence-electron chi connectivity index (χ1n) is 7.35. The topological polar surface area (TPSA) is 54.0 Å². The Bertz CT molecular complexity index is 411. The van der Waals surface area contributed by atoms with E-state index in [1.807, 2.05) is 30.0 Å². The molecule has 0 saturated heterocycles. The summed E-state index contributed by atoms with van der Waals surface area (Å²) in [6, 6.07) is 5.94. The minimum Gasteiger partial charge on any atom is -0.334 e. The van der Waals surface area contributed by atoms with Gasteiger partial charge in [0, 0.05) is 17.5 Å². The van der Waals surface area contributed by atoms with E-state index in [9.17, 15) is 4.79 Å². The van der Waals surface area contributed by atoms with Crippen LogP contribution in [0.5, 0.6) is 0 Å². The molecule has 20 heavy (non-hydrogen) atoms. The van der Waals surface area contributed by atoms with Crippen LogP contribution in [0.4, 0.5) is 4.79 Å². The molecule has 110 valence electrons. The molecule has 0 radical (unpaired) electrons. The number of hydrogen-bond donors (Lipinski definition) is 2. The summed E-state index contributed by atoms with van der Waals surface area (Å²) in [5.74, 6) is 1.11. The molecular weight excluding hydrogens is 270 g/mol. The molecule has 2 rings (SSSR count). The molecule has 5 heteroatoms. The van der Waals surface area contributed by atoms with Gasteiger partial charge >= 0.3 is 6.03 Å². The lowest BCUT2D eigenvalue weighted by atomic mass is 9.95. The molecule has 1 saturated carbocycles. The van der Waals surface area contributed by atoms with E-state index in [4.69, 9.17) is 0 Å². The maximum absolute atomic E-state index is 12.0. The number of nitrogens with one attached hydrogen (secondary N) is 2. The number of rotatable bonds is 5. The standard InChI is InChI=1S/C15H23N3OS/c1-2-20-14-9-4-3-8-13(14)18-15(19)17-11-12-7-5-6-10-16-12/h5-7,10,13-14H,2-4,8-9,11H2,1H3,(H2,17,18,19)/t13-,14-/m1/s1. The zero-order chi connectivity index (χ0) is 14.2. The Kier molecular flexibility index (Phi) is 6.18. The van der Waals surface area contributed by atoms with Crippen molar-refractivity contribution in [2.75, 3.05) is 5.75 Å². The van der Waals surface area contributed by atoms with Gasteiger partial charge in [0.15, 0.2) is 0 Å². The van der Waals surface area contributed by atoms with E-state index in [-0.39, 0.29) is 6.03 Å². The maximum atomic E-state index is 12.0. The first-order chi connectivity index (χ1) is 9.79. The van der Waals surface area contributed by atoms with Crippen molar-refractivity contribution in [3.63, 3.8) is 0 Å². The number of pyridine rings is 1. The second kappa shape index (κ2) is 8.15. The Labute approximate surface area is 125 Å². The van der Waals surface area contributed by atoms with E-state index in [1.165, 1.54) is 19.3 Å². The van der Waals surface area contributed by atoms with E-state index in [1.54, 1.807) is 6.20 Å². The summed E-state index contributed by atoms with van der Waals surface area (Å²) < 4.78 is 0. The zero-order valence-electron chi connectivity index (χ0n) is 12.0. The van der Waals surface area contributed by atoms with Crippen LogP contribution < -0.4 is 10.6 Å². The summed E-state index contributed by atoms with van der Waals surface area (Å²) in [5, 5.41) is 6.58. The molecule has 2 atom stereocenters. The lowest BCUT2D eigenvalue weighted by Gasteiger charge is -2.31.